The first kappa shape index (κ1) is 16.9. The number of carbonyl (C=O) groups is 1. The van der Waals surface area contributed by atoms with Crippen LogP contribution in [0.5, 0.6) is 0 Å². The monoisotopic (exact) mass is 346 g/mol. The summed E-state index contributed by atoms with van der Waals surface area (Å²) in [5, 5.41) is 0. The Hall–Kier alpha value is -1.92. The van der Waals surface area contributed by atoms with Crippen molar-refractivity contribution in [2.45, 2.75) is 51.1 Å². The molecule has 5 nitrogen and oxygen atoms in total. The minimum absolute atomic E-state index is 0.0839. The molecule has 0 amide bonds. The van der Waals surface area contributed by atoms with Crippen molar-refractivity contribution in [3.63, 3.8) is 0 Å². The summed E-state index contributed by atoms with van der Waals surface area (Å²) in [5.74, 6) is -0.0839. The van der Waals surface area contributed by atoms with Gasteiger partial charge in [-0.05, 0) is 57.4 Å². The summed E-state index contributed by atoms with van der Waals surface area (Å²) in [6.07, 6.45) is 2.40. The highest BCUT2D eigenvalue weighted by atomic mass is 32.2. The van der Waals surface area contributed by atoms with Crippen molar-refractivity contribution in [1.82, 2.24) is 9.29 Å². The summed E-state index contributed by atoms with van der Waals surface area (Å²) >= 11 is 0. The molecule has 1 saturated carbocycles. The van der Waals surface area contributed by atoms with Gasteiger partial charge in [-0.3, -0.25) is 4.79 Å². The molecule has 6 heteroatoms. The zero-order valence-corrected chi connectivity index (χ0v) is 15.0. The number of sulfonamides is 1. The van der Waals surface area contributed by atoms with Gasteiger partial charge >= 0.3 is 0 Å². The molecule has 2 aromatic rings. The van der Waals surface area contributed by atoms with Gasteiger partial charge in [0.05, 0.1) is 4.90 Å². The highest BCUT2D eigenvalue weighted by Crippen LogP contribution is 2.38. The Kier molecular flexibility index (Phi) is 4.36. The van der Waals surface area contributed by atoms with Crippen molar-refractivity contribution in [3.05, 3.63) is 52.8 Å². The van der Waals surface area contributed by atoms with Gasteiger partial charge in [-0.1, -0.05) is 12.1 Å². The number of aryl methyl sites for hydroxylation is 1. The molecule has 0 saturated heterocycles. The van der Waals surface area contributed by atoms with Crippen LogP contribution in [0, 0.1) is 13.8 Å². The largest absolute Gasteiger partial charge is 0.346 e. The van der Waals surface area contributed by atoms with Crippen molar-refractivity contribution >= 4 is 15.8 Å². The summed E-state index contributed by atoms with van der Waals surface area (Å²) in [6, 6.07) is 8.63. The van der Waals surface area contributed by atoms with E-state index in [9.17, 15) is 13.2 Å². The Bertz CT molecular complexity index is 876. The van der Waals surface area contributed by atoms with Gasteiger partial charge in [0.2, 0.25) is 10.0 Å². The third-order valence-electron chi connectivity index (χ3n) is 4.52. The fraction of sp³-hybridized carbons (Fsp3) is 0.389. The van der Waals surface area contributed by atoms with Gasteiger partial charge in [0.25, 0.3) is 0 Å². The lowest BCUT2D eigenvalue weighted by molar-refractivity contribution is 0.101. The molecule has 1 heterocycles. The second kappa shape index (κ2) is 6.18. The normalized spacial score (nSPS) is 14.8. The first-order valence-electron chi connectivity index (χ1n) is 8.07. The van der Waals surface area contributed by atoms with Crippen LogP contribution in [0.15, 0.2) is 35.2 Å². The van der Waals surface area contributed by atoms with E-state index in [4.69, 9.17) is 0 Å². The molecule has 0 spiro atoms. The van der Waals surface area contributed by atoms with Crippen LogP contribution < -0.4 is 4.72 Å². The first-order valence-corrected chi connectivity index (χ1v) is 9.56. The molecule has 24 heavy (non-hydrogen) atoms. The van der Waals surface area contributed by atoms with Crippen molar-refractivity contribution in [2.24, 2.45) is 0 Å². The van der Waals surface area contributed by atoms with Gasteiger partial charge in [0.1, 0.15) is 0 Å². The van der Waals surface area contributed by atoms with Crippen LogP contribution in [0.3, 0.4) is 0 Å². The predicted molar refractivity (Wildman–Crippen MR) is 92.6 cm³/mol. The number of aromatic nitrogens is 1. The Morgan fingerprint density at radius 1 is 1.21 bits per heavy atom. The summed E-state index contributed by atoms with van der Waals surface area (Å²) in [6.45, 7) is 5.82. The fourth-order valence-corrected chi connectivity index (χ4v) is 4.05. The van der Waals surface area contributed by atoms with Crippen LogP contribution in [0.1, 0.15) is 53.1 Å². The van der Waals surface area contributed by atoms with Gasteiger partial charge in [-0.2, -0.15) is 0 Å². The molecule has 0 radical (unpaired) electrons. The molecule has 0 atom stereocenters. The van der Waals surface area contributed by atoms with Crippen molar-refractivity contribution in [1.29, 1.82) is 0 Å². The number of nitrogens with one attached hydrogen (secondary N) is 1. The quantitative estimate of drug-likeness (QED) is 0.817. The van der Waals surface area contributed by atoms with E-state index in [2.05, 4.69) is 22.3 Å². The molecule has 1 fully saturated rings. The minimum atomic E-state index is -3.60. The molecule has 1 aromatic heterocycles. The van der Waals surface area contributed by atoms with Gasteiger partial charge in [-0.15, -0.1) is 0 Å². The second-order valence-corrected chi connectivity index (χ2v) is 8.17. The molecule has 0 aliphatic heterocycles. The lowest BCUT2D eigenvalue weighted by Crippen LogP contribution is -2.23. The van der Waals surface area contributed by atoms with Gasteiger partial charge in [0, 0.05) is 29.5 Å². The van der Waals surface area contributed by atoms with Crippen molar-refractivity contribution in [3.8, 4) is 0 Å². The molecular weight excluding hydrogens is 324 g/mol. The number of ketones is 1. The summed E-state index contributed by atoms with van der Waals surface area (Å²) in [7, 11) is -3.60. The summed E-state index contributed by atoms with van der Waals surface area (Å²) in [4.78, 5) is 11.5. The average molecular weight is 346 g/mol. The van der Waals surface area contributed by atoms with Gasteiger partial charge < -0.3 is 4.57 Å². The zero-order valence-electron chi connectivity index (χ0n) is 14.2. The third-order valence-corrected chi connectivity index (χ3v) is 5.94. The van der Waals surface area contributed by atoms with Crippen LogP contribution >= 0.6 is 0 Å². The second-order valence-electron chi connectivity index (χ2n) is 6.40. The highest BCUT2D eigenvalue weighted by molar-refractivity contribution is 7.89. The topological polar surface area (TPSA) is 68.2 Å². The molecular formula is C18H22N2O3S. The third kappa shape index (κ3) is 3.30. The molecule has 3 rings (SSSR count). The van der Waals surface area contributed by atoms with Crippen molar-refractivity contribution in [2.75, 3.05) is 0 Å². The SMILES string of the molecule is CC(=O)c1ccc(S(=O)(=O)NCc2cc(C)n(C3CC3)c2C)cc1. The number of rotatable bonds is 6. The van der Waals surface area contributed by atoms with Gasteiger partial charge in [0.15, 0.2) is 5.78 Å². The van der Waals surface area contributed by atoms with Gasteiger partial charge in [-0.25, -0.2) is 13.1 Å². The number of hydrogen-bond acceptors (Lipinski definition) is 3. The Labute approximate surface area is 142 Å². The maximum atomic E-state index is 12.4. The standard InChI is InChI=1S/C18H22N2O3S/c1-12-10-16(13(2)20(12)17-6-7-17)11-19-24(22,23)18-8-4-15(5-9-18)14(3)21/h4-5,8-10,17,19H,6-7,11H2,1-3H3. The molecule has 1 N–H and O–H groups in total. The number of nitrogens with zero attached hydrogens (tertiary/aromatic N) is 1. The van der Waals surface area contributed by atoms with E-state index >= 15 is 0 Å². The van der Waals surface area contributed by atoms with Crippen LogP contribution in [0.25, 0.3) is 0 Å². The molecule has 0 unspecified atom stereocenters. The van der Waals surface area contributed by atoms with E-state index in [0.717, 1.165) is 11.3 Å². The summed E-state index contributed by atoms with van der Waals surface area (Å²) < 4.78 is 29.8. The Morgan fingerprint density at radius 2 is 1.83 bits per heavy atom. The van der Waals surface area contributed by atoms with Crippen molar-refractivity contribution < 1.29 is 13.2 Å². The summed E-state index contributed by atoms with van der Waals surface area (Å²) in [5.41, 5.74) is 3.81. The molecule has 0 bridgehead atoms. The Morgan fingerprint density at radius 3 is 2.38 bits per heavy atom. The van der Waals surface area contributed by atoms with E-state index in [0.29, 0.717) is 11.6 Å². The van der Waals surface area contributed by atoms with Crippen LogP contribution in [-0.4, -0.2) is 18.8 Å². The molecule has 1 aromatic carbocycles. The fourth-order valence-electron chi connectivity index (χ4n) is 3.04. The average Bonchev–Trinajstić information content (AvgIpc) is 3.32. The number of Topliss-reactive ketones (excluding diaryl/α,β-unsaturated/α-hetero) is 1. The predicted octanol–water partition coefficient (Wildman–Crippen LogP) is 3.12. The van der Waals surface area contributed by atoms with Crippen LogP contribution in [-0.2, 0) is 16.6 Å². The van der Waals surface area contributed by atoms with E-state index in [-0.39, 0.29) is 17.2 Å². The van der Waals surface area contributed by atoms with Crippen LogP contribution in [0.2, 0.25) is 0 Å². The molecule has 128 valence electrons. The number of hydrogen-bond donors (Lipinski definition) is 1. The highest BCUT2D eigenvalue weighted by Gasteiger charge is 2.27. The minimum Gasteiger partial charge on any atom is -0.346 e. The van der Waals surface area contributed by atoms with E-state index in [1.807, 2.05) is 6.92 Å². The number of benzene rings is 1. The first-order chi connectivity index (χ1) is 11.3. The van der Waals surface area contributed by atoms with E-state index in [1.54, 1.807) is 0 Å². The molecule has 1 aliphatic rings. The number of carbonyl (C=O) groups excluding carboxylic acids is 1. The zero-order chi connectivity index (χ0) is 17.5. The van der Waals surface area contributed by atoms with E-state index < -0.39 is 10.0 Å². The lowest BCUT2D eigenvalue weighted by Gasteiger charge is -2.09. The maximum absolute atomic E-state index is 12.4. The smallest absolute Gasteiger partial charge is 0.240 e. The van der Waals surface area contributed by atoms with Crippen LogP contribution in [0.4, 0.5) is 0 Å². The maximum Gasteiger partial charge on any atom is 0.240 e. The Balaban J connectivity index is 1.75. The molecule has 1 aliphatic carbocycles. The van der Waals surface area contributed by atoms with E-state index in [1.165, 1.54) is 49.7 Å². The lowest BCUT2D eigenvalue weighted by atomic mass is 10.2.